The van der Waals surface area contributed by atoms with Crippen LogP contribution in [0.15, 0.2) is 18.2 Å². The topological polar surface area (TPSA) is 0 Å². The van der Waals surface area contributed by atoms with Crippen LogP contribution >= 0.6 is 0 Å². The van der Waals surface area contributed by atoms with Gasteiger partial charge in [-0.15, -0.1) is 0 Å². The second-order valence-electron chi connectivity index (χ2n) is 10.1. The summed E-state index contributed by atoms with van der Waals surface area (Å²) in [6.45, 7) is 17.7. The fourth-order valence-electron chi connectivity index (χ4n) is 5.63. The van der Waals surface area contributed by atoms with Gasteiger partial charge < -0.3 is 0 Å². The molecule has 0 spiro atoms. The highest BCUT2D eigenvalue weighted by Crippen LogP contribution is 2.62. The molecule has 0 heterocycles. The average Bonchev–Trinajstić information content (AvgIpc) is 2.96. The van der Waals surface area contributed by atoms with Gasteiger partial charge in [0.1, 0.15) is 0 Å². The third kappa shape index (κ3) is 2.77. The molecule has 3 rings (SSSR count). The van der Waals surface area contributed by atoms with Crippen LogP contribution in [0.4, 0.5) is 0 Å². The van der Waals surface area contributed by atoms with Crippen LogP contribution in [-0.4, -0.2) is 16.1 Å². The van der Waals surface area contributed by atoms with Crippen molar-refractivity contribution in [2.75, 3.05) is 0 Å². The average molecular weight is 331 g/mol. The summed E-state index contributed by atoms with van der Waals surface area (Å²) >= 11 is 0. The molecular formula is C20H34Si2. The molecule has 2 heteroatoms. The standard InChI is InChI=1S/C20H34Si2/c1-14-8-11-18(21(2,3)4)17(12-14)19-15-9-10-16(13-15)20(19)22(5,6)7/h8,11-12,15-16,19-20H,9-10,13H2,1-7H3/t15-,16+,19-,20-/m0/s1. The quantitative estimate of drug-likeness (QED) is 0.618. The number of rotatable bonds is 3. The minimum atomic E-state index is -1.27. The molecule has 122 valence electrons. The van der Waals surface area contributed by atoms with Crippen molar-refractivity contribution < 1.29 is 0 Å². The highest BCUT2D eigenvalue weighted by atomic mass is 28.3. The first-order valence-electron chi connectivity index (χ1n) is 9.20. The van der Waals surface area contributed by atoms with E-state index in [2.05, 4.69) is 64.4 Å². The van der Waals surface area contributed by atoms with Gasteiger partial charge in [0.05, 0.1) is 8.07 Å². The number of hydrogen-bond donors (Lipinski definition) is 0. The van der Waals surface area contributed by atoms with Crippen molar-refractivity contribution in [2.45, 2.75) is 76.9 Å². The molecule has 0 radical (unpaired) electrons. The summed E-state index contributed by atoms with van der Waals surface area (Å²) < 4.78 is 0. The first kappa shape index (κ1) is 16.5. The molecule has 2 fully saturated rings. The van der Waals surface area contributed by atoms with Crippen LogP contribution in [0.25, 0.3) is 0 Å². The molecule has 1 aromatic carbocycles. The van der Waals surface area contributed by atoms with Gasteiger partial charge in [-0.1, -0.05) is 74.7 Å². The Morgan fingerprint density at radius 2 is 1.55 bits per heavy atom. The first-order chi connectivity index (χ1) is 10.1. The molecule has 0 amide bonds. The van der Waals surface area contributed by atoms with Gasteiger partial charge in [-0.2, -0.15) is 0 Å². The molecule has 2 bridgehead atoms. The Morgan fingerprint density at radius 1 is 0.909 bits per heavy atom. The van der Waals surface area contributed by atoms with Crippen LogP contribution in [0.2, 0.25) is 44.8 Å². The van der Waals surface area contributed by atoms with Crippen LogP contribution in [0.3, 0.4) is 0 Å². The smallest absolute Gasteiger partial charge is 0.0693 e. The first-order valence-corrected chi connectivity index (χ1v) is 16.3. The molecule has 0 aromatic heterocycles. The third-order valence-corrected chi connectivity index (χ3v) is 11.2. The van der Waals surface area contributed by atoms with Gasteiger partial charge in [0.2, 0.25) is 0 Å². The Kier molecular flexibility index (Phi) is 4.01. The van der Waals surface area contributed by atoms with Crippen LogP contribution in [0, 0.1) is 18.8 Å². The normalized spacial score (nSPS) is 31.8. The van der Waals surface area contributed by atoms with Gasteiger partial charge in [-0.3, -0.25) is 0 Å². The van der Waals surface area contributed by atoms with Crippen molar-refractivity contribution >= 4 is 21.3 Å². The van der Waals surface area contributed by atoms with Crippen molar-refractivity contribution in [3.8, 4) is 0 Å². The van der Waals surface area contributed by atoms with Crippen LogP contribution in [0.5, 0.6) is 0 Å². The summed E-state index contributed by atoms with van der Waals surface area (Å²) in [5.74, 6) is 2.90. The summed E-state index contributed by atoms with van der Waals surface area (Å²) in [5, 5.41) is 1.75. The summed E-state index contributed by atoms with van der Waals surface area (Å²) in [6, 6.07) is 7.42. The maximum atomic E-state index is 2.62. The Morgan fingerprint density at radius 3 is 2.14 bits per heavy atom. The van der Waals surface area contributed by atoms with Gasteiger partial charge >= 0.3 is 0 Å². The summed E-state index contributed by atoms with van der Waals surface area (Å²) in [5.41, 5.74) is 4.26. The number of aryl methyl sites for hydroxylation is 1. The Labute approximate surface area is 139 Å². The van der Waals surface area contributed by atoms with E-state index in [1.54, 1.807) is 10.8 Å². The zero-order valence-electron chi connectivity index (χ0n) is 15.7. The fourth-order valence-corrected chi connectivity index (χ4v) is 10.6. The molecule has 22 heavy (non-hydrogen) atoms. The van der Waals surface area contributed by atoms with E-state index >= 15 is 0 Å². The second kappa shape index (κ2) is 5.34. The SMILES string of the molecule is Cc1ccc([Si](C)(C)C)c([C@@H]2[C@H]3CC[C@H](C3)[C@@H]2[Si](C)(C)C)c1. The van der Waals surface area contributed by atoms with Crippen molar-refractivity contribution in [1.82, 2.24) is 0 Å². The monoisotopic (exact) mass is 330 g/mol. The third-order valence-electron chi connectivity index (χ3n) is 6.29. The maximum absolute atomic E-state index is 2.62. The van der Waals surface area contributed by atoms with E-state index in [1.165, 1.54) is 24.8 Å². The molecule has 0 aliphatic heterocycles. The molecule has 0 unspecified atom stereocenters. The zero-order chi connectivity index (χ0) is 16.3. The predicted octanol–water partition coefficient (Wildman–Crippen LogP) is 5.76. The molecule has 0 nitrogen and oxygen atoms in total. The molecule has 2 aliphatic rings. The van der Waals surface area contributed by atoms with Crippen molar-refractivity contribution in [3.63, 3.8) is 0 Å². The molecule has 1 aromatic rings. The molecule has 2 aliphatic carbocycles. The Bertz CT molecular complexity index is 562. The van der Waals surface area contributed by atoms with Crippen LogP contribution in [0.1, 0.15) is 36.3 Å². The van der Waals surface area contributed by atoms with E-state index in [4.69, 9.17) is 0 Å². The van der Waals surface area contributed by atoms with Crippen molar-refractivity contribution in [2.24, 2.45) is 11.8 Å². The number of hydrogen-bond acceptors (Lipinski definition) is 0. The van der Waals surface area contributed by atoms with Crippen LogP contribution < -0.4 is 5.19 Å². The maximum Gasteiger partial charge on any atom is 0.0779 e. The minimum absolute atomic E-state index is 0.882. The van der Waals surface area contributed by atoms with E-state index in [1.807, 2.05) is 0 Å². The number of fused-ring (bicyclic) bond motifs is 2. The van der Waals surface area contributed by atoms with Gasteiger partial charge in [0, 0.05) is 8.07 Å². The summed E-state index contributed by atoms with van der Waals surface area (Å²) in [4.78, 5) is 0. The lowest BCUT2D eigenvalue weighted by molar-refractivity contribution is 0.412. The molecule has 0 saturated heterocycles. The molecule has 2 saturated carbocycles. The fraction of sp³-hybridized carbons (Fsp3) is 0.700. The van der Waals surface area contributed by atoms with E-state index in [0.29, 0.717) is 0 Å². The zero-order valence-corrected chi connectivity index (χ0v) is 17.7. The van der Waals surface area contributed by atoms with Gasteiger partial charge in [0.25, 0.3) is 0 Å². The van der Waals surface area contributed by atoms with E-state index in [9.17, 15) is 0 Å². The van der Waals surface area contributed by atoms with Gasteiger partial charge in [0.15, 0.2) is 0 Å². The lowest BCUT2D eigenvalue weighted by atomic mass is 9.82. The lowest BCUT2D eigenvalue weighted by Gasteiger charge is -2.41. The Balaban J connectivity index is 2.12. The lowest BCUT2D eigenvalue weighted by Crippen LogP contribution is -2.44. The largest absolute Gasteiger partial charge is 0.0779 e. The van der Waals surface area contributed by atoms with Crippen molar-refractivity contribution in [1.29, 1.82) is 0 Å². The summed E-state index contributed by atoms with van der Waals surface area (Å²) in [7, 11) is -2.38. The predicted molar refractivity (Wildman–Crippen MR) is 105 cm³/mol. The minimum Gasteiger partial charge on any atom is -0.0693 e. The van der Waals surface area contributed by atoms with E-state index in [-0.39, 0.29) is 0 Å². The number of benzene rings is 1. The van der Waals surface area contributed by atoms with Gasteiger partial charge in [-0.05, 0) is 48.6 Å². The summed E-state index contributed by atoms with van der Waals surface area (Å²) in [6.07, 6.45) is 4.54. The van der Waals surface area contributed by atoms with E-state index in [0.717, 1.165) is 23.3 Å². The van der Waals surface area contributed by atoms with Crippen molar-refractivity contribution in [3.05, 3.63) is 29.3 Å². The molecular weight excluding hydrogens is 296 g/mol. The second-order valence-corrected chi connectivity index (χ2v) is 20.5. The molecule has 0 N–H and O–H groups in total. The highest BCUT2D eigenvalue weighted by molar-refractivity contribution is 6.89. The van der Waals surface area contributed by atoms with Crippen LogP contribution in [-0.2, 0) is 0 Å². The molecule has 4 atom stereocenters. The Hall–Kier alpha value is -0.346. The highest BCUT2D eigenvalue weighted by Gasteiger charge is 2.53. The van der Waals surface area contributed by atoms with Gasteiger partial charge in [-0.25, -0.2) is 0 Å². The van der Waals surface area contributed by atoms with E-state index < -0.39 is 16.1 Å².